The number of nitrogens with two attached hydrogens (primary N) is 1. The van der Waals surface area contributed by atoms with E-state index in [1.165, 1.54) is 12.8 Å². The normalized spacial score (nSPS) is 11.1. The fourth-order valence-corrected chi connectivity index (χ4v) is 2.03. The van der Waals surface area contributed by atoms with Crippen LogP contribution in [0.3, 0.4) is 0 Å². The van der Waals surface area contributed by atoms with Crippen molar-refractivity contribution in [2.24, 2.45) is 5.92 Å². The van der Waals surface area contributed by atoms with Crippen LogP contribution < -0.4 is 11.1 Å². The number of fused-ring (bicyclic) bond motifs is 1. The highest BCUT2D eigenvalue weighted by atomic mass is 15.0. The molecule has 0 saturated heterocycles. The Morgan fingerprint density at radius 2 is 2.00 bits per heavy atom. The van der Waals surface area contributed by atoms with Gasteiger partial charge >= 0.3 is 0 Å². The van der Waals surface area contributed by atoms with E-state index in [9.17, 15) is 0 Å². The molecular weight excluding hydrogens is 224 g/mol. The van der Waals surface area contributed by atoms with Crippen molar-refractivity contribution in [1.82, 2.24) is 9.97 Å². The van der Waals surface area contributed by atoms with Gasteiger partial charge in [0.25, 0.3) is 0 Å². The SMILES string of the molecule is CCC(CC)CNc1ncnc2cc(N)ccc12. The Balaban J connectivity index is 2.23. The van der Waals surface area contributed by atoms with E-state index < -0.39 is 0 Å². The summed E-state index contributed by atoms with van der Waals surface area (Å²) in [6, 6.07) is 5.73. The second-order valence-electron chi connectivity index (χ2n) is 4.56. The van der Waals surface area contributed by atoms with Gasteiger partial charge in [0.15, 0.2) is 0 Å². The number of aromatic nitrogens is 2. The van der Waals surface area contributed by atoms with Gasteiger partial charge in [-0.05, 0) is 24.1 Å². The third kappa shape index (κ3) is 2.70. The molecule has 0 aliphatic carbocycles. The number of nitrogen functional groups attached to an aromatic ring is 1. The lowest BCUT2D eigenvalue weighted by Gasteiger charge is -2.14. The Morgan fingerprint density at radius 1 is 1.22 bits per heavy atom. The zero-order valence-corrected chi connectivity index (χ0v) is 11.0. The van der Waals surface area contributed by atoms with Crippen molar-refractivity contribution in [1.29, 1.82) is 0 Å². The van der Waals surface area contributed by atoms with Gasteiger partial charge in [0, 0.05) is 17.6 Å². The molecule has 0 aliphatic rings. The first-order chi connectivity index (χ1) is 8.74. The van der Waals surface area contributed by atoms with Crippen LogP contribution in [0, 0.1) is 5.92 Å². The van der Waals surface area contributed by atoms with Gasteiger partial charge in [-0.1, -0.05) is 26.7 Å². The molecule has 2 rings (SSSR count). The molecule has 4 nitrogen and oxygen atoms in total. The number of hydrogen-bond donors (Lipinski definition) is 2. The number of anilines is 2. The molecule has 2 aromatic rings. The molecule has 0 amide bonds. The average Bonchev–Trinajstić information content (AvgIpc) is 2.39. The van der Waals surface area contributed by atoms with Gasteiger partial charge in [0.1, 0.15) is 12.1 Å². The summed E-state index contributed by atoms with van der Waals surface area (Å²) in [5, 5.41) is 4.44. The van der Waals surface area contributed by atoms with E-state index in [0.29, 0.717) is 5.92 Å². The molecule has 0 aliphatic heterocycles. The number of hydrogen-bond acceptors (Lipinski definition) is 4. The topological polar surface area (TPSA) is 63.8 Å². The van der Waals surface area contributed by atoms with Crippen molar-refractivity contribution in [2.75, 3.05) is 17.6 Å². The summed E-state index contributed by atoms with van der Waals surface area (Å²) in [6.45, 7) is 5.38. The predicted molar refractivity (Wildman–Crippen MR) is 76.5 cm³/mol. The largest absolute Gasteiger partial charge is 0.399 e. The fraction of sp³-hybridized carbons (Fsp3) is 0.429. The third-order valence-corrected chi connectivity index (χ3v) is 3.37. The maximum Gasteiger partial charge on any atom is 0.137 e. The molecule has 3 N–H and O–H groups in total. The van der Waals surface area contributed by atoms with Crippen LogP contribution in [0.5, 0.6) is 0 Å². The highest BCUT2D eigenvalue weighted by molar-refractivity contribution is 5.90. The smallest absolute Gasteiger partial charge is 0.137 e. The van der Waals surface area contributed by atoms with Crippen LogP contribution in [-0.2, 0) is 0 Å². The van der Waals surface area contributed by atoms with E-state index in [0.717, 1.165) is 29.0 Å². The first kappa shape index (κ1) is 12.6. The summed E-state index contributed by atoms with van der Waals surface area (Å²) >= 11 is 0. The second kappa shape index (κ2) is 5.67. The van der Waals surface area contributed by atoms with E-state index in [2.05, 4.69) is 29.1 Å². The molecule has 0 bridgehead atoms. The first-order valence-corrected chi connectivity index (χ1v) is 6.48. The minimum atomic E-state index is 0.684. The zero-order chi connectivity index (χ0) is 13.0. The summed E-state index contributed by atoms with van der Waals surface area (Å²) in [5.74, 6) is 1.58. The molecule has 0 atom stereocenters. The van der Waals surface area contributed by atoms with Gasteiger partial charge < -0.3 is 11.1 Å². The Bertz CT molecular complexity index is 520. The zero-order valence-electron chi connectivity index (χ0n) is 11.0. The molecule has 18 heavy (non-hydrogen) atoms. The summed E-state index contributed by atoms with van der Waals surface area (Å²) in [4.78, 5) is 8.55. The molecule has 1 aromatic heterocycles. The molecule has 96 valence electrons. The van der Waals surface area contributed by atoms with Crippen molar-refractivity contribution in [3.05, 3.63) is 24.5 Å². The van der Waals surface area contributed by atoms with Gasteiger partial charge in [-0.2, -0.15) is 0 Å². The number of nitrogens with one attached hydrogen (secondary N) is 1. The predicted octanol–water partition coefficient (Wildman–Crippen LogP) is 3.06. The summed E-state index contributed by atoms with van der Waals surface area (Å²) in [5.41, 5.74) is 7.37. The van der Waals surface area contributed by atoms with E-state index in [4.69, 9.17) is 5.73 Å². The van der Waals surface area contributed by atoms with Crippen LogP contribution in [-0.4, -0.2) is 16.5 Å². The molecule has 4 heteroatoms. The lowest BCUT2D eigenvalue weighted by molar-refractivity contribution is 0.518. The second-order valence-corrected chi connectivity index (χ2v) is 4.56. The highest BCUT2D eigenvalue weighted by Gasteiger charge is 2.06. The molecule has 1 aromatic carbocycles. The maximum absolute atomic E-state index is 5.76. The molecule has 1 heterocycles. The van der Waals surface area contributed by atoms with E-state index in [-0.39, 0.29) is 0 Å². The van der Waals surface area contributed by atoms with Crippen molar-refractivity contribution in [3.8, 4) is 0 Å². The van der Waals surface area contributed by atoms with Crippen LogP contribution in [0.4, 0.5) is 11.5 Å². The fourth-order valence-electron chi connectivity index (χ4n) is 2.03. The Labute approximate surface area is 108 Å². The minimum absolute atomic E-state index is 0.684. The third-order valence-electron chi connectivity index (χ3n) is 3.37. The van der Waals surface area contributed by atoms with Crippen LogP contribution >= 0.6 is 0 Å². The van der Waals surface area contributed by atoms with E-state index in [1.54, 1.807) is 6.33 Å². The van der Waals surface area contributed by atoms with E-state index >= 15 is 0 Å². The van der Waals surface area contributed by atoms with Crippen molar-refractivity contribution in [3.63, 3.8) is 0 Å². The minimum Gasteiger partial charge on any atom is -0.399 e. The maximum atomic E-state index is 5.76. The van der Waals surface area contributed by atoms with Crippen LogP contribution in [0.25, 0.3) is 10.9 Å². The van der Waals surface area contributed by atoms with Crippen LogP contribution in [0.2, 0.25) is 0 Å². The van der Waals surface area contributed by atoms with Gasteiger partial charge in [-0.25, -0.2) is 9.97 Å². The summed E-state index contributed by atoms with van der Waals surface area (Å²) < 4.78 is 0. The molecule has 0 saturated carbocycles. The summed E-state index contributed by atoms with van der Waals surface area (Å²) in [7, 11) is 0. The van der Waals surface area contributed by atoms with Crippen LogP contribution in [0.15, 0.2) is 24.5 Å². The first-order valence-electron chi connectivity index (χ1n) is 6.48. The monoisotopic (exact) mass is 244 g/mol. The Kier molecular flexibility index (Phi) is 3.97. The molecule has 0 radical (unpaired) electrons. The molecule has 0 unspecified atom stereocenters. The lowest BCUT2D eigenvalue weighted by Crippen LogP contribution is -2.13. The highest BCUT2D eigenvalue weighted by Crippen LogP contribution is 2.21. The van der Waals surface area contributed by atoms with E-state index in [1.807, 2.05) is 18.2 Å². The summed E-state index contributed by atoms with van der Waals surface area (Å²) in [6.07, 6.45) is 3.94. The van der Waals surface area contributed by atoms with Crippen molar-refractivity contribution in [2.45, 2.75) is 26.7 Å². The Morgan fingerprint density at radius 3 is 2.72 bits per heavy atom. The van der Waals surface area contributed by atoms with Crippen molar-refractivity contribution >= 4 is 22.4 Å². The van der Waals surface area contributed by atoms with Gasteiger partial charge in [0.2, 0.25) is 0 Å². The average molecular weight is 244 g/mol. The lowest BCUT2D eigenvalue weighted by atomic mass is 10.0. The van der Waals surface area contributed by atoms with Gasteiger partial charge in [-0.15, -0.1) is 0 Å². The number of nitrogens with zero attached hydrogens (tertiary/aromatic N) is 2. The van der Waals surface area contributed by atoms with Gasteiger partial charge in [0.05, 0.1) is 5.52 Å². The number of rotatable bonds is 5. The Hall–Kier alpha value is -1.84. The van der Waals surface area contributed by atoms with Crippen LogP contribution in [0.1, 0.15) is 26.7 Å². The number of benzene rings is 1. The van der Waals surface area contributed by atoms with Crippen molar-refractivity contribution < 1.29 is 0 Å². The van der Waals surface area contributed by atoms with Gasteiger partial charge in [-0.3, -0.25) is 0 Å². The quantitative estimate of drug-likeness (QED) is 0.793. The molecular formula is C14H20N4. The molecule has 0 spiro atoms. The standard InChI is InChI=1S/C14H20N4/c1-3-10(4-2)8-16-14-12-6-5-11(15)7-13(12)17-9-18-14/h5-7,9-10H,3-4,8,15H2,1-2H3,(H,16,17,18). The molecule has 0 fully saturated rings.